The van der Waals surface area contributed by atoms with E-state index in [1.807, 2.05) is 11.3 Å². The minimum Gasteiger partial charge on any atom is -0.135 e. The van der Waals surface area contributed by atoms with Crippen LogP contribution in [0.4, 0.5) is 0 Å². The highest BCUT2D eigenvalue weighted by molar-refractivity contribution is 7.25. The molecule has 0 saturated heterocycles. The second-order valence-electron chi connectivity index (χ2n) is 7.75. The predicted octanol–water partition coefficient (Wildman–Crippen LogP) is 8.62. The number of hydrogen-bond acceptors (Lipinski definition) is 1. The van der Waals surface area contributed by atoms with E-state index in [1.165, 1.54) is 63.6 Å². The van der Waals surface area contributed by atoms with Gasteiger partial charge in [0.05, 0.1) is 0 Å². The van der Waals surface area contributed by atoms with Crippen LogP contribution in [0.5, 0.6) is 0 Å². The molecule has 0 aliphatic rings. The summed E-state index contributed by atoms with van der Waals surface area (Å²) in [5.41, 5.74) is 2.66. The maximum atomic E-state index is 2.31. The first-order valence-electron chi connectivity index (χ1n) is 9.96. The van der Waals surface area contributed by atoms with Crippen LogP contribution in [-0.4, -0.2) is 0 Å². The maximum Gasteiger partial charge on any atom is 0.0361 e. The van der Waals surface area contributed by atoms with Crippen molar-refractivity contribution >= 4 is 63.8 Å². The van der Waals surface area contributed by atoms with E-state index >= 15 is 0 Å². The Morgan fingerprint density at radius 1 is 0.379 bits per heavy atom. The van der Waals surface area contributed by atoms with Crippen LogP contribution in [0.2, 0.25) is 0 Å². The zero-order valence-corrected chi connectivity index (χ0v) is 16.5. The minimum atomic E-state index is 1.32. The molecule has 29 heavy (non-hydrogen) atoms. The summed E-state index contributed by atoms with van der Waals surface area (Å²) in [5.74, 6) is 0. The number of hydrogen-bond donors (Lipinski definition) is 0. The van der Waals surface area contributed by atoms with Crippen LogP contribution in [0.25, 0.3) is 63.6 Å². The van der Waals surface area contributed by atoms with Crippen molar-refractivity contribution in [2.45, 2.75) is 0 Å². The van der Waals surface area contributed by atoms with Crippen molar-refractivity contribution in [2.24, 2.45) is 0 Å². The van der Waals surface area contributed by atoms with Gasteiger partial charge in [0.15, 0.2) is 0 Å². The normalized spacial score (nSPS) is 12.1. The fourth-order valence-electron chi connectivity index (χ4n) is 4.97. The molecule has 0 aliphatic carbocycles. The van der Waals surface area contributed by atoms with Crippen LogP contribution in [0, 0.1) is 0 Å². The molecule has 0 bridgehead atoms. The topological polar surface area (TPSA) is 0 Å². The zero-order chi connectivity index (χ0) is 18.9. The van der Waals surface area contributed by atoms with E-state index in [4.69, 9.17) is 0 Å². The Morgan fingerprint density at radius 3 is 1.97 bits per heavy atom. The predicted molar refractivity (Wildman–Crippen MR) is 128 cm³/mol. The van der Waals surface area contributed by atoms with Crippen LogP contribution in [0.3, 0.4) is 0 Å². The van der Waals surface area contributed by atoms with Gasteiger partial charge in [-0.2, -0.15) is 0 Å². The highest BCUT2D eigenvalue weighted by Crippen LogP contribution is 2.44. The molecule has 0 amide bonds. The van der Waals surface area contributed by atoms with Crippen LogP contribution in [-0.2, 0) is 0 Å². The fourth-order valence-corrected chi connectivity index (χ4v) is 6.10. The summed E-state index contributed by atoms with van der Waals surface area (Å²) in [6.07, 6.45) is 0. The van der Waals surface area contributed by atoms with Crippen molar-refractivity contribution in [3.8, 4) is 11.1 Å². The molecule has 134 valence electrons. The molecule has 0 radical (unpaired) electrons. The molecular formula is C28H16S. The average Bonchev–Trinajstić information content (AvgIpc) is 3.16. The molecule has 0 atom stereocenters. The molecule has 7 rings (SSSR count). The maximum absolute atomic E-state index is 2.31. The van der Waals surface area contributed by atoms with E-state index in [1.54, 1.807) is 0 Å². The number of fused-ring (bicyclic) bond motifs is 3. The lowest BCUT2D eigenvalue weighted by Crippen LogP contribution is -1.87. The van der Waals surface area contributed by atoms with Crippen molar-refractivity contribution in [3.63, 3.8) is 0 Å². The van der Waals surface area contributed by atoms with E-state index in [0.717, 1.165) is 0 Å². The Labute approximate surface area is 172 Å². The molecule has 0 spiro atoms. The molecule has 1 heterocycles. The largest absolute Gasteiger partial charge is 0.135 e. The monoisotopic (exact) mass is 384 g/mol. The molecule has 6 aromatic carbocycles. The van der Waals surface area contributed by atoms with E-state index in [2.05, 4.69) is 97.1 Å². The van der Waals surface area contributed by atoms with Crippen LogP contribution in [0.15, 0.2) is 97.1 Å². The Bertz CT molecular complexity index is 1680. The lowest BCUT2D eigenvalue weighted by atomic mass is 9.89. The highest BCUT2D eigenvalue weighted by atomic mass is 32.1. The third-order valence-corrected chi connectivity index (χ3v) is 7.36. The third kappa shape index (κ3) is 2.03. The van der Waals surface area contributed by atoms with Gasteiger partial charge in [0.1, 0.15) is 0 Å². The Morgan fingerprint density at radius 2 is 1.07 bits per heavy atom. The SMILES string of the molecule is c1cc2ccc3ccc(-c4cccc5sc6ccccc6c45)c4ccc(c1)c2c34. The van der Waals surface area contributed by atoms with Crippen molar-refractivity contribution in [3.05, 3.63) is 97.1 Å². The van der Waals surface area contributed by atoms with Crippen LogP contribution < -0.4 is 0 Å². The quantitative estimate of drug-likeness (QED) is 0.248. The van der Waals surface area contributed by atoms with Gasteiger partial charge in [-0.15, -0.1) is 11.3 Å². The van der Waals surface area contributed by atoms with Gasteiger partial charge >= 0.3 is 0 Å². The molecule has 0 unspecified atom stereocenters. The van der Waals surface area contributed by atoms with Crippen LogP contribution in [0.1, 0.15) is 0 Å². The summed E-state index contributed by atoms with van der Waals surface area (Å²) in [5, 5.41) is 10.8. The van der Waals surface area contributed by atoms with Crippen molar-refractivity contribution in [2.75, 3.05) is 0 Å². The number of rotatable bonds is 1. The van der Waals surface area contributed by atoms with E-state index < -0.39 is 0 Å². The summed E-state index contributed by atoms with van der Waals surface area (Å²) >= 11 is 1.88. The average molecular weight is 385 g/mol. The molecule has 0 N–H and O–H groups in total. The van der Waals surface area contributed by atoms with Crippen molar-refractivity contribution < 1.29 is 0 Å². The fraction of sp³-hybridized carbons (Fsp3) is 0. The summed E-state index contributed by atoms with van der Waals surface area (Å²) in [6, 6.07) is 35.8. The van der Waals surface area contributed by atoms with Crippen molar-refractivity contribution in [1.82, 2.24) is 0 Å². The number of benzene rings is 6. The smallest absolute Gasteiger partial charge is 0.0361 e. The molecule has 0 aliphatic heterocycles. The van der Waals surface area contributed by atoms with Crippen molar-refractivity contribution in [1.29, 1.82) is 0 Å². The second-order valence-corrected chi connectivity index (χ2v) is 8.83. The van der Waals surface area contributed by atoms with Gasteiger partial charge in [-0.1, -0.05) is 84.9 Å². The minimum absolute atomic E-state index is 1.32. The Balaban J connectivity index is 1.69. The Kier molecular flexibility index (Phi) is 2.97. The second kappa shape index (κ2) is 5.56. The van der Waals surface area contributed by atoms with Gasteiger partial charge in [0, 0.05) is 20.2 Å². The third-order valence-electron chi connectivity index (χ3n) is 6.22. The van der Waals surface area contributed by atoms with Gasteiger partial charge in [-0.3, -0.25) is 0 Å². The van der Waals surface area contributed by atoms with E-state index in [0.29, 0.717) is 0 Å². The molecule has 0 saturated carbocycles. The molecular weight excluding hydrogens is 368 g/mol. The Hall–Kier alpha value is -3.42. The molecule has 0 nitrogen and oxygen atoms in total. The summed E-state index contributed by atoms with van der Waals surface area (Å²) in [4.78, 5) is 0. The highest BCUT2D eigenvalue weighted by Gasteiger charge is 2.15. The summed E-state index contributed by atoms with van der Waals surface area (Å²) in [7, 11) is 0. The van der Waals surface area contributed by atoms with Crippen LogP contribution >= 0.6 is 11.3 Å². The first kappa shape index (κ1) is 15.5. The first-order chi connectivity index (χ1) is 14.4. The lowest BCUT2D eigenvalue weighted by Gasteiger charge is -2.15. The summed E-state index contributed by atoms with van der Waals surface area (Å²) < 4.78 is 2.71. The molecule has 1 heteroatoms. The molecule has 7 aromatic rings. The van der Waals surface area contributed by atoms with Gasteiger partial charge in [-0.05, 0) is 55.6 Å². The standard InChI is InChI=1S/C28H16S/c1-2-9-24-23(7-1)28-21(8-4-10-25(28)29-24)20-15-13-19-12-11-17-5-3-6-18-14-16-22(20)27(19)26(17)18/h1-16H. The lowest BCUT2D eigenvalue weighted by molar-refractivity contribution is 1.73. The number of thiophene rings is 1. The van der Waals surface area contributed by atoms with E-state index in [9.17, 15) is 0 Å². The van der Waals surface area contributed by atoms with Gasteiger partial charge in [0.2, 0.25) is 0 Å². The molecule has 0 fully saturated rings. The van der Waals surface area contributed by atoms with Gasteiger partial charge < -0.3 is 0 Å². The first-order valence-corrected chi connectivity index (χ1v) is 10.8. The van der Waals surface area contributed by atoms with Gasteiger partial charge in [0.25, 0.3) is 0 Å². The summed E-state index contributed by atoms with van der Waals surface area (Å²) in [6.45, 7) is 0. The van der Waals surface area contributed by atoms with E-state index in [-0.39, 0.29) is 0 Å². The molecule has 1 aromatic heterocycles. The zero-order valence-electron chi connectivity index (χ0n) is 15.6. The van der Waals surface area contributed by atoms with Gasteiger partial charge in [-0.25, -0.2) is 0 Å².